The Kier molecular flexibility index (Phi) is 4.66. The molecule has 1 aliphatic rings. The van der Waals surface area contributed by atoms with E-state index in [4.69, 9.17) is 10.2 Å². The van der Waals surface area contributed by atoms with Gasteiger partial charge in [-0.3, -0.25) is 14.5 Å². The third kappa shape index (κ3) is 3.23. The van der Waals surface area contributed by atoms with E-state index >= 15 is 0 Å². The maximum Gasteiger partial charge on any atom is 0.334 e. The molecule has 0 aliphatic carbocycles. The summed E-state index contributed by atoms with van der Waals surface area (Å²) in [4.78, 5) is 46.2. The fourth-order valence-electron chi connectivity index (χ4n) is 1.63. The smallest absolute Gasteiger partial charge is 0.334 e. The Labute approximate surface area is 114 Å². The van der Waals surface area contributed by atoms with Crippen LogP contribution in [0.15, 0.2) is 0 Å². The number of urea groups is 1. The van der Waals surface area contributed by atoms with Gasteiger partial charge in [-0.15, -0.1) is 0 Å². The second-order valence-electron chi connectivity index (χ2n) is 4.67. The Morgan fingerprint density at radius 2 is 2.05 bits per heavy atom. The van der Waals surface area contributed by atoms with Gasteiger partial charge in [0.05, 0.1) is 6.54 Å². The van der Waals surface area contributed by atoms with Gasteiger partial charge in [0.15, 0.2) is 6.10 Å². The topological polar surface area (TPSA) is 136 Å². The van der Waals surface area contributed by atoms with Crippen molar-refractivity contribution in [3.63, 3.8) is 0 Å². The first kappa shape index (κ1) is 15.9. The van der Waals surface area contributed by atoms with Gasteiger partial charge < -0.3 is 20.8 Å². The standard InChI is InChI=1S/C11H17N3O6/c1-3-11(2)9(19)14(10(20)13-11)5-7(16)12-4-6(15)8(17)18/h6,15H,3-5H2,1-2H3,(H,12,16)(H,13,20)(H,17,18). The van der Waals surface area contributed by atoms with E-state index in [1.807, 2.05) is 0 Å². The zero-order chi connectivity index (χ0) is 15.5. The van der Waals surface area contributed by atoms with E-state index in [-0.39, 0.29) is 0 Å². The molecule has 4 amide bonds. The molecule has 0 spiro atoms. The number of nitrogens with zero attached hydrogens (tertiary/aromatic N) is 1. The van der Waals surface area contributed by atoms with E-state index in [0.717, 1.165) is 4.90 Å². The highest BCUT2D eigenvalue weighted by atomic mass is 16.4. The first-order chi connectivity index (χ1) is 9.21. The molecule has 2 atom stereocenters. The molecule has 1 rings (SSSR count). The Hall–Kier alpha value is -2.16. The summed E-state index contributed by atoms with van der Waals surface area (Å²) < 4.78 is 0. The number of hydrogen-bond acceptors (Lipinski definition) is 5. The molecule has 1 heterocycles. The van der Waals surface area contributed by atoms with Gasteiger partial charge in [0.25, 0.3) is 5.91 Å². The molecule has 20 heavy (non-hydrogen) atoms. The highest BCUT2D eigenvalue weighted by Crippen LogP contribution is 2.20. The van der Waals surface area contributed by atoms with Crippen molar-refractivity contribution in [1.82, 2.24) is 15.5 Å². The first-order valence-corrected chi connectivity index (χ1v) is 6.03. The van der Waals surface area contributed by atoms with Gasteiger partial charge >= 0.3 is 12.0 Å². The van der Waals surface area contributed by atoms with Crippen LogP contribution in [0.25, 0.3) is 0 Å². The van der Waals surface area contributed by atoms with E-state index in [9.17, 15) is 19.2 Å². The minimum Gasteiger partial charge on any atom is -0.479 e. The molecule has 112 valence electrons. The van der Waals surface area contributed by atoms with Gasteiger partial charge in [0, 0.05) is 0 Å². The third-order valence-electron chi connectivity index (χ3n) is 3.13. The Bertz CT molecular complexity index is 451. The van der Waals surface area contributed by atoms with Crippen molar-refractivity contribution in [2.75, 3.05) is 13.1 Å². The minimum atomic E-state index is -1.73. The number of amides is 4. The molecule has 0 aromatic rings. The van der Waals surface area contributed by atoms with Crippen molar-refractivity contribution in [2.45, 2.75) is 31.9 Å². The molecule has 4 N–H and O–H groups in total. The molecule has 1 aliphatic heterocycles. The summed E-state index contributed by atoms with van der Waals surface area (Å²) >= 11 is 0. The van der Waals surface area contributed by atoms with E-state index in [1.165, 1.54) is 0 Å². The SMILES string of the molecule is CCC1(C)NC(=O)N(CC(=O)NCC(O)C(=O)O)C1=O. The largest absolute Gasteiger partial charge is 0.479 e. The maximum atomic E-state index is 12.0. The van der Waals surface area contributed by atoms with E-state index in [2.05, 4.69) is 10.6 Å². The number of imide groups is 1. The fraction of sp³-hybridized carbons (Fsp3) is 0.636. The maximum absolute atomic E-state index is 12.0. The molecule has 2 unspecified atom stereocenters. The molecular weight excluding hydrogens is 270 g/mol. The molecule has 0 bridgehead atoms. The van der Waals surface area contributed by atoms with Crippen LogP contribution in [0.2, 0.25) is 0 Å². The van der Waals surface area contributed by atoms with Crippen LogP contribution < -0.4 is 10.6 Å². The monoisotopic (exact) mass is 287 g/mol. The van der Waals surface area contributed by atoms with Crippen molar-refractivity contribution in [1.29, 1.82) is 0 Å². The summed E-state index contributed by atoms with van der Waals surface area (Å²) in [5.41, 5.74) is -1.03. The van der Waals surface area contributed by atoms with Crippen LogP contribution in [-0.2, 0) is 14.4 Å². The summed E-state index contributed by atoms with van der Waals surface area (Å²) in [5.74, 6) is -2.72. The summed E-state index contributed by atoms with van der Waals surface area (Å²) in [7, 11) is 0. The van der Waals surface area contributed by atoms with Gasteiger partial charge in [0.2, 0.25) is 5.91 Å². The summed E-state index contributed by atoms with van der Waals surface area (Å²) in [6.45, 7) is 2.26. The first-order valence-electron chi connectivity index (χ1n) is 6.03. The number of rotatable bonds is 6. The van der Waals surface area contributed by atoms with Crippen molar-refractivity contribution in [2.24, 2.45) is 0 Å². The molecule has 9 heteroatoms. The lowest BCUT2D eigenvalue weighted by molar-refractivity contribution is -0.146. The quantitative estimate of drug-likeness (QED) is 0.428. The summed E-state index contributed by atoms with van der Waals surface area (Å²) in [5, 5.41) is 22.0. The van der Waals surface area contributed by atoms with Crippen LogP contribution in [-0.4, -0.2) is 63.7 Å². The van der Waals surface area contributed by atoms with Gasteiger partial charge in [-0.05, 0) is 13.3 Å². The van der Waals surface area contributed by atoms with Crippen LogP contribution in [0.5, 0.6) is 0 Å². The predicted molar refractivity (Wildman–Crippen MR) is 65.6 cm³/mol. The summed E-state index contributed by atoms with van der Waals surface area (Å²) in [6, 6.07) is -0.673. The number of aliphatic carboxylic acids is 1. The molecule has 0 saturated carbocycles. The van der Waals surface area contributed by atoms with Gasteiger partial charge in [-0.1, -0.05) is 6.92 Å². The minimum absolute atomic E-state index is 0.382. The van der Waals surface area contributed by atoms with E-state index in [1.54, 1.807) is 13.8 Å². The number of aliphatic hydroxyl groups is 1. The van der Waals surface area contributed by atoms with Crippen molar-refractivity contribution in [3.8, 4) is 0 Å². The lowest BCUT2D eigenvalue weighted by Gasteiger charge is -2.19. The van der Waals surface area contributed by atoms with Crippen molar-refractivity contribution < 1.29 is 29.4 Å². The van der Waals surface area contributed by atoms with Gasteiger partial charge in [0.1, 0.15) is 12.1 Å². The number of carbonyl (C=O) groups excluding carboxylic acids is 3. The number of aliphatic hydroxyl groups excluding tert-OH is 1. The average Bonchev–Trinajstić information content (AvgIpc) is 2.60. The number of carboxylic acid groups (broad SMARTS) is 1. The van der Waals surface area contributed by atoms with Crippen LogP contribution >= 0.6 is 0 Å². The fourth-order valence-corrected chi connectivity index (χ4v) is 1.63. The highest BCUT2D eigenvalue weighted by Gasteiger charge is 2.46. The van der Waals surface area contributed by atoms with Crippen molar-refractivity contribution >= 4 is 23.8 Å². The van der Waals surface area contributed by atoms with Crippen molar-refractivity contribution in [3.05, 3.63) is 0 Å². The van der Waals surface area contributed by atoms with Gasteiger partial charge in [-0.25, -0.2) is 9.59 Å². The Balaban J connectivity index is 2.56. The Morgan fingerprint density at radius 3 is 2.50 bits per heavy atom. The van der Waals surface area contributed by atoms with Crippen LogP contribution in [0.4, 0.5) is 4.79 Å². The lowest BCUT2D eigenvalue weighted by atomic mass is 9.99. The van der Waals surface area contributed by atoms with E-state index in [0.29, 0.717) is 6.42 Å². The normalized spacial score (nSPS) is 23.4. The zero-order valence-corrected chi connectivity index (χ0v) is 11.2. The summed E-state index contributed by atoms with van der Waals surface area (Å²) in [6.07, 6.45) is -1.35. The second-order valence-corrected chi connectivity index (χ2v) is 4.67. The van der Waals surface area contributed by atoms with Gasteiger partial charge in [-0.2, -0.15) is 0 Å². The molecule has 9 nitrogen and oxygen atoms in total. The highest BCUT2D eigenvalue weighted by molar-refractivity contribution is 6.08. The zero-order valence-electron chi connectivity index (χ0n) is 11.2. The van der Waals surface area contributed by atoms with E-state index < -0.39 is 48.5 Å². The Morgan fingerprint density at radius 1 is 1.45 bits per heavy atom. The number of hydrogen-bond donors (Lipinski definition) is 4. The van der Waals surface area contributed by atoms with Crippen LogP contribution in [0.1, 0.15) is 20.3 Å². The average molecular weight is 287 g/mol. The molecule has 0 aromatic heterocycles. The second kappa shape index (κ2) is 5.87. The predicted octanol–water partition coefficient (Wildman–Crippen LogP) is -1.73. The number of nitrogens with one attached hydrogen (secondary N) is 2. The number of carboxylic acids is 1. The molecule has 0 aromatic carbocycles. The lowest BCUT2D eigenvalue weighted by Crippen LogP contribution is -2.46. The van der Waals surface area contributed by atoms with Crippen LogP contribution in [0, 0.1) is 0 Å². The number of carbonyl (C=O) groups is 4. The van der Waals surface area contributed by atoms with Crippen LogP contribution in [0.3, 0.4) is 0 Å². The molecule has 1 saturated heterocycles. The molecule has 1 fully saturated rings. The molecular formula is C11H17N3O6. The molecule has 0 radical (unpaired) electrons. The third-order valence-corrected chi connectivity index (χ3v) is 3.13.